The molecule has 1 aliphatic heterocycles. The first-order valence-corrected chi connectivity index (χ1v) is 3.28. The highest BCUT2D eigenvalue weighted by Gasteiger charge is 2.07. The van der Waals surface area contributed by atoms with Crippen LogP contribution < -0.4 is 0 Å². The average molecular weight is 154 g/mol. The number of hydrogen-bond acceptors (Lipinski definition) is 3. The van der Waals surface area contributed by atoms with Gasteiger partial charge < -0.3 is 0 Å². The van der Waals surface area contributed by atoms with Crippen LogP contribution in [0.15, 0.2) is 11.2 Å². The molecular formula is C6H4ClN3. The third-order valence-corrected chi connectivity index (χ3v) is 1.52. The summed E-state index contributed by atoms with van der Waals surface area (Å²) in [6, 6.07) is 0. The average Bonchev–Trinajstić information content (AvgIpc) is 2.33. The van der Waals surface area contributed by atoms with Crippen LogP contribution in [0.25, 0.3) is 0 Å². The SMILES string of the molecule is Clc1ncc2c(n1)N=CC2. The van der Waals surface area contributed by atoms with Crippen LogP contribution in [0.1, 0.15) is 5.56 Å². The smallest absolute Gasteiger partial charge is 0.224 e. The summed E-state index contributed by atoms with van der Waals surface area (Å²) in [4.78, 5) is 11.7. The van der Waals surface area contributed by atoms with Gasteiger partial charge in [-0.1, -0.05) is 0 Å². The molecule has 1 aromatic heterocycles. The van der Waals surface area contributed by atoms with Crippen molar-refractivity contribution in [3.05, 3.63) is 17.0 Å². The Morgan fingerprint density at radius 2 is 2.40 bits per heavy atom. The van der Waals surface area contributed by atoms with Gasteiger partial charge in [0.1, 0.15) is 0 Å². The monoisotopic (exact) mass is 153 g/mol. The van der Waals surface area contributed by atoms with Crippen LogP contribution in [0.3, 0.4) is 0 Å². The quantitative estimate of drug-likeness (QED) is 0.529. The molecule has 0 saturated heterocycles. The van der Waals surface area contributed by atoms with Gasteiger partial charge in [-0.3, -0.25) is 0 Å². The van der Waals surface area contributed by atoms with E-state index in [1.807, 2.05) is 0 Å². The number of aromatic nitrogens is 2. The van der Waals surface area contributed by atoms with E-state index < -0.39 is 0 Å². The van der Waals surface area contributed by atoms with Crippen molar-refractivity contribution in [3.63, 3.8) is 0 Å². The lowest BCUT2D eigenvalue weighted by Gasteiger charge is -1.92. The molecule has 10 heavy (non-hydrogen) atoms. The summed E-state index contributed by atoms with van der Waals surface area (Å²) < 4.78 is 0. The highest BCUT2D eigenvalue weighted by atomic mass is 35.5. The van der Waals surface area contributed by atoms with Crippen LogP contribution in [0.4, 0.5) is 5.82 Å². The fourth-order valence-corrected chi connectivity index (χ4v) is 0.992. The summed E-state index contributed by atoms with van der Waals surface area (Å²) in [7, 11) is 0. The first kappa shape index (κ1) is 5.80. The summed E-state index contributed by atoms with van der Waals surface area (Å²) in [6.07, 6.45) is 4.33. The highest BCUT2D eigenvalue weighted by Crippen LogP contribution is 2.20. The van der Waals surface area contributed by atoms with Crippen LogP contribution in [0.2, 0.25) is 5.28 Å². The third-order valence-electron chi connectivity index (χ3n) is 1.34. The number of aliphatic imine (C=N–C) groups is 1. The molecule has 1 aliphatic rings. The van der Waals surface area contributed by atoms with Crippen LogP contribution in [-0.4, -0.2) is 16.2 Å². The summed E-state index contributed by atoms with van der Waals surface area (Å²) in [5, 5.41) is 0.262. The van der Waals surface area contributed by atoms with E-state index in [0.717, 1.165) is 12.0 Å². The van der Waals surface area contributed by atoms with Gasteiger partial charge in [0.25, 0.3) is 0 Å². The molecule has 2 rings (SSSR count). The van der Waals surface area contributed by atoms with E-state index in [4.69, 9.17) is 11.6 Å². The molecule has 0 fully saturated rings. The van der Waals surface area contributed by atoms with Crippen LogP contribution in [0.5, 0.6) is 0 Å². The minimum atomic E-state index is 0.262. The maximum atomic E-state index is 5.53. The Hall–Kier alpha value is -0.960. The fourth-order valence-electron chi connectivity index (χ4n) is 0.863. The van der Waals surface area contributed by atoms with Crippen molar-refractivity contribution in [2.45, 2.75) is 6.42 Å². The van der Waals surface area contributed by atoms with E-state index in [0.29, 0.717) is 5.82 Å². The summed E-state index contributed by atoms with van der Waals surface area (Å²) in [5.41, 5.74) is 1.05. The maximum absolute atomic E-state index is 5.53. The molecule has 0 saturated carbocycles. The molecule has 0 aromatic carbocycles. The predicted molar refractivity (Wildman–Crippen MR) is 38.9 cm³/mol. The van der Waals surface area contributed by atoms with Crippen LogP contribution in [0, 0.1) is 0 Å². The van der Waals surface area contributed by atoms with E-state index in [-0.39, 0.29) is 5.28 Å². The minimum absolute atomic E-state index is 0.262. The Morgan fingerprint density at radius 3 is 3.30 bits per heavy atom. The van der Waals surface area contributed by atoms with Gasteiger partial charge in [0.05, 0.1) is 0 Å². The normalized spacial score (nSPS) is 13.7. The number of hydrogen-bond donors (Lipinski definition) is 0. The third kappa shape index (κ3) is 0.789. The molecule has 4 heteroatoms. The molecule has 0 aliphatic carbocycles. The Labute approximate surface area is 62.8 Å². The zero-order valence-corrected chi connectivity index (χ0v) is 5.84. The molecule has 50 valence electrons. The second-order valence-corrected chi connectivity index (χ2v) is 2.34. The lowest BCUT2D eigenvalue weighted by molar-refractivity contribution is 1.12. The lowest BCUT2D eigenvalue weighted by Crippen LogP contribution is -1.85. The molecule has 0 unspecified atom stereocenters. The summed E-state index contributed by atoms with van der Waals surface area (Å²) in [5.74, 6) is 0.708. The van der Waals surface area contributed by atoms with Gasteiger partial charge in [0.2, 0.25) is 5.28 Å². The molecule has 0 spiro atoms. The first-order chi connectivity index (χ1) is 4.86. The van der Waals surface area contributed by atoms with Crippen molar-refractivity contribution >= 4 is 23.6 Å². The minimum Gasteiger partial charge on any atom is -0.241 e. The van der Waals surface area contributed by atoms with Crippen molar-refractivity contribution in [1.82, 2.24) is 9.97 Å². The first-order valence-electron chi connectivity index (χ1n) is 2.90. The Morgan fingerprint density at radius 1 is 1.50 bits per heavy atom. The Kier molecular flexibility index (Phi) is 1.17. The van der Waals surface area contributed by atoms with Gasteiger partial charge in [-0.05, 0) is 11.6 Å². The molecule has 3 nitrogen and oxygen atoms in total. The van der Waals surface area contributed by atoms with Gasteiger partial charge in [-0.15, -0.1) is 0 Å². The zero-order chi connectivity index (χ0) is 6.97. The highest BCUT2D eigenvalue weighted by molar-refractivity contribution is 6.28. The molecule has 1 aromatic rings. The van der Waals surface area contributed by atoms with Crippen molar-refractivity contribution in [1.29, 1.82) is 0 Å². The van der Waals surface area contributed by atoms with Crippen LogP contribution in [-0.2, 0) is 6.42 Å². The zero-order valence-electron chi connectivity index (χ0n) is 5.08. The molecule has 0 radical (unpaired) electrons. The second kappa shape index (κ2) is 2.02. The summed E-state index contributed by atoms with van der Waals surface area (Å²) in [6.45, 7) is 0. The molecule has 0 amide bonds. The number of rotatable bonds is 0. The van der Waals surface area contributed by atoms with Crippen molar-refractivity contribution in [3.8, 4) is 0 Å². The molecule has 2 heterocycles. The maximum Gasteiger partial charge on any atom is 0.224 e. The van der Waals surface area contributed by atoms with Gasteiger partial charge >= 0.3 is 0 Å². The van der Waals surface area contributed by atoms with Crippen LogP contribution >= 0.6 is 11.6 Å². The van der Waals surface area contributed by atoms with Crippen molar-refractivity contribution in [2.75, 3.05) is 0 Å². The van der Waals surface area contributed by atoms with E-state index >= 15 is 0 Å². The topological polar surface area (TPSA) is 38.1 Å². The number of halogens is 1. The van der Waals surface area contributed by atoms with Gasteiger partial charge in [-0.2, -0.15) is 4.98 Å². The van der Waals surface area contributed by atoms with Gasteiger partial charge in [0, 0.05) is 24.4 Å². The van der Waals surface area contributed by atoms with Gasteiger partial charge in [0.15, 0.2) is 5.82 Å². The van der Waals surface area contributed by atoms with Crippen molar-refractivity contribution in [2.24, 2.45) is 4.99 Å². The van der Waals surface area contributed by atoms with Crippen molar-refractivity contribution < 1.29 is 0 Å². The lowest BCUT2D eigenvalue weighted by atomic mass is 10.3. The molecule has 0 N–H and O–H groups in total. The second-order valence-electron chi connectivity index (χ2n) is 2.00. The standard InChI is InChI=1S/C6H4ClN3/c7-6-9-3-4-1-2-8-5(4)10-6/h2-3H,1H2. The molecular weight excluding hydrogens is 150 g/mol. The summed E-state index contributed by atoms with van der Waals surface area (Å²) >= 11 is 5.53. The predicted octanol–water partition coefficient (Wildman–Crippen LogP) is 1.39. The van der Waals surface area contributed by atoms with E-state index in [1.165, 1.54) is 0 Å². The molecule has 0 atom stereocenters. The van der Waals surface area contributed by atoms with Gasteiger partial charge in [-0.25, -0.2) is 9.98 Å². The Bertz CT molecular complexity index is 295. The van der Waals surface area contributed by atoms with E-state index in [1.54, 1.807) is 12.4 Å². The molecule has 0 bridgehead atoms. The number of nitrogens with zero attached hydrogens (tertiary/aromatic N) is 3. The van der Waals surface area contributed by atoms with E-state index in [9.17, 15) is 0 Å². The van der Waals surface area contributed by atoms with E-state index in [2.05, 4.69) is 15.0 Å². The fraction of sp³-hybridized carbons (Fsp3) is 0.167. The largest absolute Gasteiger partial charge is 0.241 e. The Balaban J connectivity index is 2.60. The number of fused-ring (bicyclic) bond motifs is 1.